The Bertz CT molecular complexity index is 1320. The Morgan fingerprint density at radius 2 is 1.94 bits per heavy atom. The minimum Gasteiger partial charge on any atom is -0.507 e. The molecule has 1 saturated heterocycles. The summed E-state index contributed by atoms with van der Waals surface area (Å²) in [4.78, 5) is 20.6. The predicted molar refractivity (Wildman–Crippen MR) is 125 cm³/mol. The van der Waals surface area contributed by atoms with Gasteiger partial charge in [0.25, 0.3) is 0 Å². The summed E-state index contributed by atoms with van der Waals surface area (Å²) in [6.07, 6.45) is 2.82. The van der Waals surface area contributed by atoms with Gasteiger partial charge in [-0.05, 0) is 52.3 Å². The zero-order chi connectivity index (χ0) is 22.6. The lowest BCUT2D eigenvalue weighted by Crippen LogP contribution is -2.45. The van der Waals surface area contributed by atoms with Crippen LogP contribution in [0.1, 0.15) is 38.6 Å². The van der Waals surface area contributed by atoms with Gasteiger partial charge in [0, 0.05) is 42.7 Å². The molecule has 0 saturated carbocycles. The molecule has 1 fully saturated rings. The van der Waals surface area contributed by atoms with Gasteiger partial charge in [-0.15, -0.1) is 0 Å². The van der Waals surface area contributed by atoms with Crippen LogP contribution in [0.4, 0.5) is 5.95 Å². The van der Waals surface area contributed by atoms with Crippen LogP contribution >= 0.6 is 0 Å². The molecule has 0 radical (unpaired) electrons. The van der Waals surface area contributed by atoms with E-state index < -0.39 is 0 Å². The molecule has 0 aliphatic carbocycles. The maximum Gasteiger partial charge on any atom is 0.226 e. The number of nitrogens with zero attached hydrogens (tertiary/aromatic N) is 5. The third kappa shape index (κ3) is 3.75. The van der Waals surface area contributed by atoms with Crippen LogP contribution in [0.5, 0.6) is 5.75 Å². The molecule has 1 aromatic carbocycles. The van der Waals surface area contributed by atoms with E-state index in [0.29, 0.717) is 45.4 Å². The number of aromatic nitrogens is 4. The highest BCUT2D eigenvalue weighted by Crippen LogP contribution is 2.37. The van der Waals surface area contributed by atoms with E-state index in [4.69, 9.17) is 14.4 Å². The fourth-order valence-corrected chi connectivity index (χ4v) is 4.41. The Hall–Kier alpha value is -3.26. The number of aromatic hydroxyl groups is 1. The van der Waals surface area contributed by atoms with Gasteiger partial charge in [0.05, 0.1) is 17.4 Å². The second kappa shape index (κ2) is 7.41. The molecule has 32 heavy (non-hydrogen) atoms. The van der Waals surface area contributed by atoms with Crippen LogP contribution in [-0.4, -0.2) is 49.7 Å². The molecule has 4 heterocycles. The van der Waals surface area contributed by atoms with Gasteiger partial charge in [0.1, 0.15) is 16.8 Å². The second-order valence-corrected chi connectivity index (χ2v) is 9.57. The first-order valence-corrected chi connectivity index (χ1v) is 10.9. The molecule has 8 nitrogen and oxygen atoms in total. The van der Waals surface area contributed by atoms with Crippen LogP contribution in [0.3, 0.4) is 0 Å². The SMILES string of the molecule is Cc1nc2c(C)c(O)c(-c3ccc4nc(N5CC[C@H](NC(C)(C)C)C5)ncc4n3)cc2o1. The summed E-state index contributed by atoms with van der Waals surface area (Å²) in [7, 11) is 0. The van der Waals surface area contributed by atoms with Crippen molar-refractivity contribution in [1.82, 2.24) is 25.3 Å². The molecule has 1 aliphatic heterocycles. The van der Waals surface area contributed by atoms with E-state index >= 15 is 0 Å². The lowest BCUT2D eigenvalue weighted by molar-refractivity contribution is 0.373. The zero-order valence-electron chi connectivity index (χ0n) is 19.1. The zero-order valence-corrected chi connectivity index (χ0v) is 19.1. The Morgan fingerprint density at radius 1 is 1.12 bits per heavy atom. The molecule has 0 spiro atoms. The topological polar surface area (TPSA) is 100 Å². The van der Waals surface area contributed by atoms with Gasteiger partial charge in [-0.3, -0.25) is 0 Å². The molecular formula is C24H28N6O2. The Labute approximate surface area is 186 Å². The number of phenols is 1. The minimum absolute atomic E-state index is 0.0859. The number of oxazole rings is 1. The first-order chi connectivity index (χ1) is 15.2. The number of rotatable bonds is 3. The van der Waals surface area contributed by atoms with Gasteiger partial charge in [0.2, 0.25) is 5.95 Å². The second-order valence-electron chi connectivity index (χ2n) is 9.57. The summed E-state index contributed by atoms with van der Waals surface area (Å²) in [5.41, 5.74) is 4.77. The standard InChI is InChI=1S/C24H28N6O2/c1-13-21-20(32-14(2)26-21)10-16(22(13)31)17-6-7-18-19(27-17)11-25-23(28-18)30-9-8-15(12-30)29-24(3,4)5/h6-7,10-11,15,29,31H,8-9,12H2,1-5H3/t15-/m0/s1. The molecule has 0 bridgehead atoms. The molecular weight excluding hydrogens is 404 g/mol. The highest BCUT2D eigenvalue weighted by Gasteiger charge is 2.27. The summed E-state index contributed by atoms with van der Waals surface area (Å²) >= 11 is 0. The quantitative estimate of drug-likeness (QED) is 0.499. The predicted octanol–water partition coefficient (Wildman–Crippen LogP) is 4.12. The largest absolute Gasteiger partial charge is 0.507 e. The maximum atomic E-state index is 10.8. The number of fused-ring (bicyclic) bond motifs is 2. The molecule has 2 N–H and O–H groups in total. The fraction of sp³-hybridized carbons (Fsp3) is 0.417. The van der Waals surface area contributed by atoms with Crippen molar-refractivity contribution in [3.63, 3.8) is 0 Å². The van der Waals surface area contributed by atoms with E-state index in [1.54, 1.807) is 19.2 Å². The highest BCUT2D eigenvalue weighted by molar-refractivity contribution is 5.89. The number of anilines is 1. The average molecular weight is 433 g/mol. The first kappa shape index (κ1) is 20.6. The molecule has 166 valence electrons. The number of phenolic OH excluding ortho intramolecular Hbond substituents is 1. The van der Waals surface area contributed by atoms with Gasteiger partial charge in [-0.2, -0.15) is 0 Å². The maximum absolute atomic E-state index is 10.8. The van der Waals surface area contributed by atoms with E-state index in [9.17, 15) is 5.11 Å². The van der Waals surface area contributed by atoms with Crippen molar-refractivity contribution in [2.75, 3.05) is 18.0 Å². The van der Waals surface area contributed by atoms with E-state index in [2.05, 4.69) is 41.0 Å². The Kier molecular flexibility index (Phi) is 4.78. The molecule has 3 aromatic heterocycles. The Morgan fingerprint density at radius 3 is 2.72 bits per heavy atom. The van der Waals surface area contributed by atoms with Crippen molar-refractivity contribution in [3.05, 3.63) is 35.9 Å². The molecule has 1 aliphatic rings. The van der Waals surface area contributed by atoms with Gasteiger partial charge in [-0.25, -0.2) is 19.9 Å². The van der Waals surface area contributed by atoms with Gasteiger partial charge in [-0.1, -0.05) is 0 Å². The number of nitrogens with one attached hydrogen (secondary N) is 1. The molecule has 0 unspecified atom stereocenters. The third-order valence-electron chi connectivity index (χ3n) is 5.81. The van der Waals surface area contributed by atoms with Crippen molar-refractivity contribution in [2.45, 2.75) is 52.6 Å². The molecule has 0 amide bonds. The fourth-order valence-electron chi connectivity index (χ4n) is 4.41. The van der Waals surface area contributed by atoms with Crippen LogP contribution in [0.15, 0.2) is 28.8 Å². The number of hydrogen-bond acceptors (Lipinski definition) is 8. The summed E-state index contributed by atoms with van der Waals surface area (Å²) in [5.74, 6) is 1.45. The van der Waals surface area contributed by atoms with Crippen LogP contribution < -0.4 is 10.2 Å². The van der Waals surface area contributed by atoms with Crippen molar-refractivity contribution in [3.8, 4) is 17.0 Å². The molecule has 5 rings (SSSR count). The van der Waals surface area contributed by atoms with Crippen molar-refractivity contribution in [2.24, 2.45) is 0 Å². The minimum atomic E-state index is 0.0859. The number of pyridine rings is 1. The highest BCUT2D eigenvalue weighted by atomic mass is 16.3. The third-order valence-corrected chi connectivity index (χ3v) is 5.81. The van der Waals surface area contributed by atoms with E-state index in [1.807, 2.05) is 19.1 Å². The van der Waals surface area contributed by atoms with Crippen LogP contribution in [-0.2, 0) is 0 Å². The lowest BCUT2D eigenvalue weighted by atomic mass is 10.0. The molecule has 1 atom stereocenters. The number of benzene rings is 1. The summed E-state index contributed by atoms with van der Waals surface area (Å²) in [6, 6.07) is 6.01. The summed E-state index contributed by atoms with van der Waals surface area (Å²) in [6.45, 7) is 12.0. The van der Waals surface area contributed by atoms with Crippen LogP contribution in [0.25, 0.3) is 33.4 Å². The van der Waals surface area contributed by atoms with Crippen molar-refractivity contribution >= 4 is 28.1 Å². The van der Waals surface area contributed by atoms with E-state index in [0.717, 1.165) is 31.0 Å². The van der Waals surface area contributed by atoms with Crippen molar-refractivity contribution < 1.29 is 9.52 Å². The van der Waals surface area contributed by atoms with E-state index in [-0.39, 0.29) is 11.3 Å². The number of hydrogen-bond donors (Lipinski definition) is 2. The van der Waals surface area contributed by atoms with Crippen LogP contribution in [0, 0.1) is 13.8 Å². The smallest absolute Gasteiger partial charge is 0.226 e. The lowest BCUT2D eigenvalue weighted by Gasteiger charge is -2.26. The monoisotopic (exact) mass is 432 g/mol. The number of aryl methyl sites for hydroxylation is 2. The molecule has 8 heteroatoms. The average Bonchev–Trinajstić information content (AvgIpc) is 3.34. The van der Waals surface area contributed by atoms with Crippen LogP contribution in [0.2, 0.25) is 0 Å². The normalized spacial score (nSPS) is 17.0. The first-order valence-electron chi connectivity index (χ1n) is 10.9. The summed E-state index contributed by atoms with van der Waals surface area (Å²) < 4.78 is 5.68. The molecule has 4 aromatic rings. The van der Waals surface area contributed by atoms with Crippen molar-refractivity contribution in [1.29, 1.82) is 0 Å². The van der Waals surface area contributed by atoms with Gasteiger partial charge in [0.15, 0.2) is 11.5 Å². The van der Waals surface area contributed by atoms with Gasteiger partial charge < -0.3 is 19.7 Å². The summed E-state index contributed by atoms with van der Waals surface area (Å²) in [5, 5.41) is 14.4. The Balaban J connectivity index is 1.45. The van der Waals surface area contributed by atoms with Gasteiger partial charge >= 0.3 is 0 Å². The van der Waals surface area contributed by atoms with E-state index in [1.165, 1.54) is 0 Å².